The number of aliphatic imine (C=N–C) groups is 1. The third-order valence-corrected chi connectivity index (χ3v) is 3.01. The predicted octanol–water partition coefficient (Wildman–Crippen LogP) is 2.32. The summed E-state index contributed by atoms with van der Waals surface area (Å²) in [4.78, 5) is 6.47. The average Bonchev–Trinajstić information content (AvgIpc) is 2.29. The van der Waals surface area contributed by atoms with Crippen LogP contribution in [-0.4, -0.2) is 51.1 Å². The minimum Gasteiger partial charge on any atom is -0.356 e. The van der Waals surface area contributed by atoms with Crippen LogP contribution < -0.4 is 10.6 Å². The molecule has 0 aromatic heterocycles. The van der Waals surface area contributed by atoms with E-state index in [0.29, 0.717) is 11.5 Å². The van der Waals surface area contributed by atoms with Gasteiger partial charge in [0.15, 0.2) is 5.96 Å². The van der Waals surface area contributed by atoms with Gasteiger partial charge in [0, 0.05) is 19.6 Å². The Morgan fingerprint density at radius 3 is 2.37 bits per heavy atom. The molecule has 4 heteroatoms. The van der Waals surface area contributed by atoms with Gasteiger partial charge in [-0.15, -0.1) is 0 Å². The molecule has 0 aromatic rings. The van der Waals surface area contributed by atoms with E-state index in [1.165, 1.54) is 12.8 Å². The largest absolute Gasteiger partial charge is 0.356 e. The summed E-state index contributed by atoms with van der Waals surface area (Å²) in [5.41, 5.74) is 0.401. The van der Waals surface area contributed by atoms with Gasteiger partial charge in [0.1, 0.15) is 0 Å². The normalized spacial score (nSPS) is 14.6. The quantitative estimate of drug-likeness (QED) is 0.424. The molecule has 0 fully saturated rings. The number of hydrogen-bond donors (Lipinski definition) is 2. The van der Waals surface area contributed by atoms with Gasteiger partial charge in [0.05, 0.1) is 0 Å². The fourth-order valence-corrected chi connectivity index (χ4v) is 1.75. The lowest BCUT2D eigenvalue weighted by atomic mass is 9.89. The van der Waals surface area contributed by atoms with Gasteiger partial charge in [-0.2, -0.15) is 0 Å². The standard InChI is InChI=1S/C15H34N4/c1-13(9-10-15(2,3)4)18-14(16-5)17-11-8-12-19(6)7/h13H,8-12H2,1-7H3,(H2,16,17,18). The Bertz CT molecular complexity index is 253. The summed E-state index contributed by atoms with van der Waals surface area (Å²) in [5, 5.41) is 6.82. The molecule has 0 bridgehead atoms. The van der Waals surface area contributed by atoms with Gasteiger partial charge in [0.25, 0.3) is 0 Å². The number of guanidine groups is 1. The molecule has 0 amide bonds. The van der Waals surface area contributed by atoms with Gasteiger partial charge in [-0.05, 0) is 52.2 Å². The van der Waals surface area contributed by atoms with Crippen LogP contribution >= 0.6 is 0 Å². The second kappa shape index (κ2) is 9.18. The Morgan fingerprint density at radius 2 is 1.89 bits per heavy atom. The highest BCUT2D eigenvalue weighted by molar-refractivity contribution is 5.79. The van der Waals surface area contributed by atoms with Crippen molar-refractivity contribution in [3.8, 4) is 0 Å². The Balaban J connectivity index is 3.86. The van der Waals surface area contributed by atoms with Crippen molar-refractivity contribution in [2.75, 3.05) is 34.2 Å². The summed E-state index contributed by atoms with van der Waals surface area (Å²) < 4.78 is 0. The van der Waals surface area contributed by atoms with Crippen LogP contribution in [0.2, 0.25) is 0 Å². The highest BCUT2D eigenvalue weighted by Gasteiger charge is 2.13. The van der Waals surface area contributed by atoms with Gasteiger partial charge < -0.3 is 15.5 Å². The summed E-state index contributed by atoms with van der Waals surface area (Å²) in [6.07, 6.45) is 3.52. The molecule has 0 rings (SSSR count). The lowest BCUT2D eigenvalue weighted by Gasteiger charge is -2.23. The van der Waals surface area contributed by atoms with E-state index in [1.54, 1.807) is 0 Å². The second-order valence-electron chi connectivity index (χ2n) is 6.80. The number of nitrogens with one attached hydrogen (secondary N) is 2. The van der Waals surface area contributed by atoms with E-state index in [1.807, 2.05) is 7.05 Å². The van der Waals surface area contributed by atoms with Gasteiger partial charge in [-0.25, -0.2) is 0 Å². The van der Waals surface area contributed by atoms with Crippen LogP contribution in [0.3, 0.4) is 0 Å². The monoisotopic (exact) mass is 270 g/mol. The highest BCUT2D eigenvalue weighted by atomic mass is 15.2. The molecule has 0 aliphatic heterocycles. The molecule has 0 aliphatic carbocycles. The van der Waals surface area contributed by atoms with Crippen molar-refractivity contribution in [3.63, 3.8) is 0 Å². The summed E-state index contributed by atoms with van der Waals surface area (Å²) in [6.45, 7) is 11.1. The maximum atomic E-state index is 4.27. The first kappa shape index (κ1) is 18.2. The predicted molar refractivity (Wildman–Crippen MR) is 85.8 cm³/mol. The molecule has 0 saturated heterocycles. The van der Waals surface area contributed by atoms with Crippen LogP contribution in [0.15, 0.2) is 4.99 Å². The number of nitrogens with zero attached hydrogens (tertiary/aromatic N) is 2. The Labute approximate surface area is 120 Å². The Hall–Kier alpha value is -0.770. The SMILES string of the molecule is CN=C(NCCCN(C)C)NC(C)CCC(C)(C)C. The van der Waals surface area contributed by atoms with Crippen molar-refractivity contribution in [2.24, 2.45) is 10.4 Å². The smallest absolute Gasteiger partial charge is 0.191 e. The van der Waals surface area contributed by atoms with Crippen LogP contribution in [0.1, 0.15) is 47.0 Å². The van der Waals surface area contributed by atoms with Gasteiger partial charge in [-0.3, -0.25) is 4.99 Å². The number of rotatable bonds is 7. The van der Waals surface area contributed by atoms with Crippen molar-refractivity contribution in [3.05, 3.63) is 0 Å². The molecule has 0 aliphatic rings. The van der Waals surface area contributed by atoms with E-state index >= 15 is 0 Å². The maximum absolute atomic E-state index is 4.27. The van der Waals surface area contributed by atoms with Crippen molar-refractivity contribution in [2.45, 2.75) is 53.0 Å². The minimum absolute atomic E-state index is 0.401. The van der Waals surface area contributed by atoms with Gasteiger partial charge in [-0.1, -0.05) is 20.8 Å². The zero-order chi connectivity index (χ0) is 14.9. The van der Waals surface area contributed by atoms with Crippen LogP contribution in [0.25, 0.3) is 0 Å². The molecule has 114 valence electrons. The van der Waals surface area contributed by atoms with Crippen molar-refractivity contribution in [1.29, 1.82) is 0 Å². The van der Waals surface area contributed by atoms with E-state index in [-0.39, 0.29) is 0 Å². The fourth-order valence-electron chi connectivity index (χ4n) is 1.75. The first-order chi connectivity index (χ1) is 8.74. The molecule has 0 heterocycles. The maximum Gasteiger partial charge on any atom is 0.191 e. The zero-order valence-electron chi connectivity index (χ0n) is 14.0. The molecule has 0 saturated carbocycles. The Morgan fingerprint density at radius 1 is 1.26 bits per heavy atom. The van der Waals surface area contributed by atoms with Crippen molar-refractivity contribution >= 4 is 5.96 Å². The molecule has 1 unspecified atom stereocenters. The van der Waals surface area contributed by atoms with Gasteiger partial charge >= 0.3 is 0 Å². The molecule has 1 atom stereocenters. The third kappa shape index (κ3) is 12.0. The lowest BCUT2D eigenvalue weighted by Crippen LogP contribution is -2.43. The molecular weight excluding hydrogens is 236 g/mol. The molecule has 19 heavy (non-hydrogen) atoms. The lowest BCUT2D eigenvalue weighted by molar-refractivity contribution is 0.346. The van der Waals surface area contributed by atoms with Crippen LogP contribution in [-0.2, 0) is 0 Å². The van der Waals surface area contributed by atoms with Gasteiger partial charge in [0.2, 0.25) is 0 Å². The first-order valence-corrected chi connectivity index (χ1v) is 7.36. The summed E-state index contributed by atoms with van der Waals surface area (Å²) in [5.74, 6) is 0.917. The summed E-state index contributed by atoms with van der Waals surface area (Å²) >= 11 is 0. The molecular formula is C15H34N4. The number of hydrogen-bond acceptors (Lipinski definition) is 2. The van der Waals surface area contributed by atoms with Crippen LogP contribution in [0, 0.1) is 5.41 Å². The van der Waals surface area contributed by atoms with E-state index in [4.69, 9.17) is 0 Å². The minimum atomic E-state index is 0.401. The topological polar surface area (TPSA) is 39.7 Å². The van der Waals surface area contributed by atoms with Crippen LogP contribution in [0.5, 0.6) is 0 Å². The zero-order valence-corrected chi connectivity index (χ0v) is 14.0. The van der Waals surface area contributed by atoms with Crippen molar-refractivity contribution in [1.82, 2.24) is 15.5 Å². The van der Waals surface area contributed by atoms with E-state index < -0.39 is 0 Å². The highest BCUT2D eigenvalue weighted by Crippen LogP contribution is 2.21. The second-order valence-corrected chi connectivity index (χ2v) is 6.80. The molecule has 0 spiro atoms. The van der Waals surface area contributed by atoms with Crippen LogP contribution in [0.4, 0.5) is 0 Å². The summed E-state index contributed by atoms with van der Waals surface area (Å²) in [7, 11) is 6.03. The van der Waals surface area contributed by atoms with E-state index in [2.05, 4.69) is 62.3 Å². The van der Waals surface area contributed by atoms with E-state index in [9.17, 15) is 0 Å². The Kier molecular flexibility index (Phi) is 8.81. The molecule has 2 N–H and O–H groups in total. The van der Waals surface area contributed by atoms with Crippen molar-refractivity contribution < 1.29 is 0 Å². The van der Waals surface area contributed by atoms with E-state index in [0.717, 1.165) is 25.5 Å². The average molecular weight is 270 g/mol. The molecule has 0 radical (unpaired) electrons. The third-order valence-electron chi connectivity index (χ3n) is 3.01. The molecule has 4 nitrogen and oxygen atoms in total. The summed E-state index contributed by atoms with van der Waals surface area (Å²) in [6, 6.07) is 0.458. The fraction of sp³-hybridized carbons (Fsp3) is 0.933. The first-order valence-electron chi connectivity index (χ1n) is 7.36. The molecule has 0 aromatic carbocycles.